The Morgan fingerprint density at radius 3 is 2.29 bits per heavy atom. The van der Waals surface area contributed by atoms with E-state index in [1.807, 2.05) is 52.0 Å². The Kier molecular flexibility index (Phi) is 6.72. The fraction of sp³-hybridized carbons (Fsp3) is 0.500. The molecule has 0 saturated heterocycles. The lowest BCUT2D eigenvalue weighted by Crippen LogP contribution is -2.37. The molecule has 0 fully saturated rings. The monoisotopic (exact) mass is 292 g/mol. The van der Waals surface area contributed by atoms with Crippen LogP contribution in [0.1, 0.15) is 33.3 Å². The summed E-state index contributed by atoms with van der Waals surface area (Å²) in [5, 5.41) is 5.81. The van der Waals surface area contributed by atoms with Crippen LogP contribution < -0.4 is 10.6 Å². The van der Waals surface area contributed by atoms with Crippen molar-refractivity contribution in [1.29, 1.82) is 0 Å². The lowest BCUT2D eigenvalue weighted by Gasteiger charge is -2.23. The molecule has 1 aromatic carbocycles. The van der Waals surface area contributed by atoms with Crippen molar-refractivity contribution >= 4 is 18.1 Å². The van der Waals surface area contributed by atoms with E-state index in [0.717, 1.165) is 11.3 Å². The highest BCUT2D eigenvalue weighted by Crippen LogP contribution is 2.15. The minimum Gasteiger partial charge on any atom is -0.461 e. The van der Waals surface area contributed by atoms with Crippen LogP contribution in [0.4, 0.5) is 5.69 Å². The smallest absolute Gasteiger partial charge is 0.329 e. The number of carbonyl (C=O) groups is 2. The Hall–Kier alpha value is -2.04. The summed E-state index contributed by atoms with van der Waals surface area (Å²) >= 11 is 0. The maximum atomic E-state index is 12.1. The van der Waals surface area contributed by atoms with Gasteiger partial charge in [-0.15, -0.1) is 0 Å². The fourth-order valence-electron chi connectivity index (χ4n) is 1.86. The first kappa shape index (κ1) is 17.0. The summed E-state index contributed by atoms with van der Waals surface area (Å²) in [6, 6.07) is 7.21. The summed E-state index contributed by atoms with van der Waals surface area (Å²) in [5.41, 5.74) is 1.85. The largest absolute Gasteiger partial charge is 0.461 e. The highest BCUT2D eigenvalue weighted by Gasteiger charge is 2.24. The van der Waals surface area contributed by atoms with Gasteiger partial charge < -0.3 is 15.4 Å². The first-order chi connectivity index (χ1) is 9.93. The maximum Gasteiger partial charge on any atom is 0.329 e. The van der Waals surface area contributed by atoms with E-state index in [2.05, 4.69) is 10.6 Å². The molecule has 1 atom stereocenters. The lowest BCUT2D eigenvalue weighted by molar-refractivity contribution is -0.149. The van der Waals surface area contributed by atoms with E-state index >= 15 is 0 Å². The van der Waals surface area contributed by atoms with Crippen LogP contribution in [0.5, 0.6) is 0 Å². The summed E-state index contributed by atoms with van der Waals surface area (Å²) in [5.74, 6) is -0.126. The number of anilines is 1. The summed E-state index contributed by atoms with van der Waals surface area (Å²) in [6.07, 6.45) is 0.542. The molecular formula is C16H24N2O3. The minimum absolute atomic E-state index is 0.118. The van der Waals surface area contributed by atoms with Gasteiger partial charge in [0.05, 0.1) is 6.10 Å². The van der Waals surface area contributed by atoms with E-state index in [9.17, 15) is 9.59 Å². The van der Waals surface area contributed by atoms with E-state index < -0.39 is 0 Å². The minimum atomic E-state index is -0.383. The normalized spacial score (nSPS) is 12.1. The highest BCUT2D eigenvalue weighted by atomic mass is 16.5. The Morgan fingerprint density at radius 2 is 1.81 bits per heavy atom. The van der Waals surface area contributed by atoms with Crippen molar-refractivity contribution in [3.05, 3.63) is 29.8 Å². The van der Waals surface area contributed by atoms with Gasteiger partial charge in [-0.1, -0.05) is 26.0 Å². The predicted molar refractivity (Wildman–Crippen MR) is 82.8 cm³/mol. The summed E-state index contributed by atoms with van der Waals surface area (Å²) < 4.78 is 5.27. The molecule has 116 valence electrons. The average molecular weight is 292 g/mol. The van der Waals surface area contributed by atoms with Crippen molar-refractivity contribution in [3.63, 3.8) is 0 Å². The molecule has 2 N–H and O–H groups in total. The predicted octanol–water partition coefficient (Wildman–Crippen LogP) is 2.32. The number of nitrogens with one attached hydrogen (secondary N) is 2. The van der Waals surface area contributed by atoms with Gasteiger partial charge in [0.25, 0.3) is 0 Å². The van der Waals surface area contributed by atoms with Crippen molar-refractivity contribution in [2.24, 2.45) is 5.92 Å². The Balaban J connectivity index is 2.70. The molecule has 1 rings (SSSR count). The Labute approximate surface area is 126 Å². The van der Waals surface area contributed by atoms with Crippen molar-refractivity contribution in [2.45, 2.75) is 46.4 Å². The SMILES string of the molecule is CC(C)OC(=O)C(Nc1ccc(CNC=O)cc1)C(C)C. The van der Waals surface area contributed by atoms with Crippen LogP contribution >= 0.6 is 0 Å². The van der Waals surface area contributed by atoms with Crippen LogP contribution in [-0.4, -0.2) is 24.5 Å². The number of carbonyl (C=O) groups excluding carboxylic acids is 2. The molecule has 1 aromatic rings. The van der Waals surface area contributed by atoms with Crippen LogP contribution in [0.3, 0.4) is 0 Å². The van der Waals surface area contributed by atoms with Gasteiger partial charge in [0.15, 0.2) is 0 Å². The van der Waals surface area contributed by atoms with Gasteiger partial charge in [-0.25, -0.2) is 4.79 Å². The molecule has 0 bridgehead atoms. The molecule has 21 heavy (non-hydrogen) atoms. The molecule has 0 aliphatic heterocycles. The number of esters is 1. The molecule has 0 aromatic heterocycles. The number of benzene rings is 1. The molecule has 0 aliphatic rings. The lowest BCUT2D eigenvalue weighted by atomic mass is 10.0. The first-order valence-corrected chi connectivity index (χ1v) is 7.17. The van der Waals surface area contributed by atoms with Gasteiger partial charge >= 0.3 is 5.97 Å². The summed E-state index contributed by atoms with van der Waals surface area (Å²) in [7, 11) is 0. The van der Waals surface area contributed by atoms with Crippen molar-refractivity contribution in [3.8, 4) is 0 Å². The van der Waals surface area contributed by atoms with Crippen LogP contribution in [0.25, 0.3) is 0 Å². The van der Waals surface area contributed by atoms with Gasteiger partial charge in [-0.3, -0.25) is 4.79 Å². The standard InChI is InChI=1S/C16H24N2O3/c1-11(2)15(16(20)21-12(3)4)18-14-7-5-13(6-8-14)9-17-10-19/h5-8,10-12,15,18H,9H2,1-4H3,(H,17,19). The molecule has 0 radical (unpaired) electrons. The number of ether oxygens (including phenoxy) is 1. The van der Waals surface area contributed by atoms with E-state index in [4.69, 9.17) is 4.74 Å². The third kappa shape index (κ3) is 5.85. The molecule has 1 unspecified atom stereocenters. The molecule has 0 heterocycles. The average Bonchev–Trinajstić information content (AvgIpc) is 2.42. The van der Waals surface area contributed by atoms with E-state index in [0.29, 0.717) is 13.0 Å². The third-order valence-electron chi connectivity index (χ3n) is 2.94. The van der Waals surface area contributed by atoms with Gasteiger partial charge in [-0.05, 0) is 37.5 Å². The molecule has 0 saturated carbocycles. The second-order valence-corrected chi connectivity index (χ2v) is 5.55. The number of hydrogen-bond donors (Lipinski definition) is 2. The van der Waals surface area contributed by atoms with Crippen LogP contribution in [0.2, 0.25) is 0 Å². The second-order valence-electron chi connectivity index (χ2n) is 5.55. The maximum absolute atomic E-state index is 12.1. The van der Waals surface area contributed by atoms with E-state index in [-0.39, 0.29) is 24.0 Å². The second kappa shape index (κ2) is 8.29. The highest BCUT2D eigenvalue weighted by molar-refractivity contribution is 5.79. The van der Waals surface area contributed by atoms with Crippen LogP contribution in [0, 0.1) is 5.92 Å². The van der Waals surface area contributed by atoms with Crippen LogP contribution in [0.15, 0.2) is 24.3 Å². The number of hydrogen-bond acceptors (Lipinski definition) is 4. The molecule has 0 spiro atoms. The summed E-state index contributed by atoms with van der Waals surface area (Å²) in [6.45, 7) is 8.12. The topological polar surface area (TPSA) is 67.4 Å². The fourth-order valence-corrected chi connectivity index (χ4v) is 1.86. The van der Waals surface area contributed by atoms with Crippen LogP contribution in [-0.2, 0) is 20.9 Å². The zero-order valence-electron chi connectivity index (χ0n) is 13.1. The first-order valence-electron chi connectivity index (χ1n) is 7.17. The van der Waals surface area contributed by atoms with Gasteiger partial charge in [0, 0.05) is 12.2 Å². The van der Waals surface area contributed by atoms with E-state index in [1.165, 1.54) is 0 Å². The summed E-state index contributed by atoms with van der Waals surface area (Å²) in [4.78, 5) is 22.3. The van der Waals surface area contributed by atoms with E-state index in [1.54, 1.807) is 0 Å². The van der Waals surface area contributed by atoms with Gasteiger partial charge in [-0.2, -0.15) is 0 Å². The zero-order valence-corrected chi connectivity index (χ0v) is 13.1. The van der Waals surface area contributed by atoms with Gasteiger partial charge in [0.2, 0.25) is 6.41 Å². The Bertz CT molecular complexity index is 455. The quantitative estimate of drug-likeness (QED) is 0.570. The molecule has 5 nitrogen and oxygen atoms in total. The van der Waals surface area contributed by atoms with Crippen molar-refractivity contribution in [1.82, 2.24) is 5.32 Å². The zero-order chi connectivity index (χ0) is 15.8. The molecule has 1 amide bonds. The van der Waals surface area contributed by atoms with Crippen molar-refractivity contribution < 1.29 is 14.3 Å². The molecular weight excluding hydrogens is 268 g/mol. The Morgan fingerprint density at radius 1 is 1.19 bits per heavy atom. The van der Waals surface area contributed by atoms with Crippen molar-refractivity contribution in [2.75, 3.05) is 5.32 Å². The number of amides is 1. The number of rotatable bonds is 8. The molecule has 0 aliphatic carbocycles. The van der Waals surface area contributed by atoms with Gasteiger partial charge in [0.1, 0.15) is 6.04 Å². The third-order valence-corrected chi connectivity index (χ3v) is 2.94. The molecule has 5 heteroatoms.